The molecule has 0 aliphatic carbocycles. The van der Waals surface area contributed by atoms with Crippen molar-refractivity contribution in [3.05, 3.63) is 40.6 Å². The van der Waals surface area contributed by atoms with E-state index in [1.54, 1.807) is 24.4 Å². The van der Waals surface area contributed by atoms with Crippen molar-refractivity contribution < 1.29 is 14.2 Å². The molecule has 0 N–H and O–H groups in total. The maximum absolute atomic E-state index is 11.2. The first-order chi connectivity index (χ1) is 10.2. The van der Waals surface area contributed by atoms with E-state index in [4.69, 9.17) is 9.31 Å². The van der Waals surface area contributed by atoms with E-state index in [2.05, 4.69) is 4.98 Å². The van der Waals surface area contributed by atoms with Gasteiger partial charge in [0.1, 0.15) is 0 Å². The lowest BCUT2D eigenvalue weighted by Crippen LogP contribution is -2.41. The highest BCUT2D eigenvalue weighted by Crippen LogP contribution is 2.37. The predicted octanol–water partition coefficient (Wildman–Crippen LogP) is 2.44. The molecule has 1 aromatic carbocycles. The molecule has 0 unspecified atom stereocenters. The molecule has 22 heavy (non-hydrogen) atoms. The number of benzene rings is 1. The van der Waals surface area contributed by atoms with Crippen molar-refractivity contribution in [1.82, 2.24) is 4.98 Å². The third-order valence-electron chi connectivity index (χ3n) is 4.48. The second-order valence-corrected chi connectivity index (χ2v) is 6.42. The van der Waals surface area contributed by atoms with E-state index in [0.717, 1.165) is 0 Å². The molecule has 3 rings (SSSR count). The Bertz CT molecular complexity index is 744. The van der Waals surface area contributed by atoms with Crippen LogP contribution in [0.1, 0.15) is 27.7 Å². The summed E-state index contributed by atoms with van der Waals surface area (Å²) < 4.78 is 12.1. The van der Waals surface area contributed by atoms with E-state index in [9.17, 15) is 10.1 Å². The molecule has 0 amide bonds. The highest BCUT2D eigenvalue weighted by molar-refractivity contribution is 6.65. The summed E-state index contributed by atoms with van der Waals surface area (Å²) in [6.07, 6.45) is 1.61. The summed E-state index contributed by atoms with van der Waals surface area (Å²) in [7, 11) is -0.594. The van der Waals surface area contributed by atoms with E-state index in [1.807, 2.05) is 27.7 Å². The van der Waals surface area contributed by atoms with Crippen molar-refractivity contribution in [2.75, 3.05) is 0 Å². The molecule has 1 saturated heterocycles. The van der Waals surface area contributed by atoms with E-state index >= 15 is 0 Å². The standard InChI is InChI=1S/C15H17BN2O4/c1-14(2)15(3,4)22-16(21-14)11-7-8-12(18(19)20)10-6-5-9-17-13(10)11/h5-9H,1-4H3. The highest BCUT2D eigenvalue weighted by Gasteiger charge is 2.52. The van der Waals surface area contributed by atoms with Gasteiger partial charge in [-0.25, -0.2) is 0 Å². The van der Waals surface area contributed by atoms with Gasteiger partial charge in [-0.1, -0.05) is 6.07 Å². The van der Waals surface area contributed by atoms with Gasteiger partial charge < -0.3 is 9.31 Å². The molecule has 2 heterocycles. The van der Waals surface area contributed by atoms with Crippen LogP contribution in [0.3, 0.4) is 0 Å². The number of hydrogen-bond acceptors (Lipinski definition) is 5. The second kappa shape index (κ2) is 4.76. The minimum Gasteiger partial charge on any atom is -0.399 e. The molecule has 0 spiro atoms. The lowest BCUT2D eigenvalue weighted by molar-refractivity contribution is -0.383. The van der Waals surface area contributed by atoms with E-state index < -0.39 is 23.2 Å². The van der Waals surface area contributed by atoms with Gasteiger partial charge in [-0.3, -0.25) is 15.1 Å². The summed E-state index contributed by atoms with van der Waals surface area (Å²) in [5.41, 5.74) is 0.333. The Balaban J connectivity index is 2.14. The molecule has 0 bridgehead atoms. The topological polar surface area (TPSA) is 74.5 Å². The summed E-state index contributed by atoms with van der Waals surface area (Å²) in [6, 6.07) is 6.51. The fraction of sp³-hybridized carbons (Fsp3) is 0.400. The average Bonchev–Trinajstić information content (AvgIpc) is 2.65. The molecule has 114 valence electrons. The zero-order valence-electron chi connectivity index (χ0n) is 13.0. The van der Waals surface area contributed by atoms with Crippen LogP contribution in [0, 0.1) is 10.1 Å². The first-order valence-corrected chi connectivity index (χ1v) is 7.10. The lowest BCUT2D eigenvalue weighted by Gasteiger charge is -2.32. The first-order valence-electron chi connectivity index (χ1n) is 7.10. The van der Waals surface area contributed by atoms with Crippen molar-refractivity contribution in [2.24, 2.45) is 0 Å². The summed E-state index contributed by atoms with van der Waals surface area (Å²) in [5.74, 6) is 0. The van der Waals surface area contributed by atoms with E-state index in [0.29, 0.717) is 16.4 Å². The summed E-state index contributed by atoms with van der Waals surface area (Å²) in [6.45, 7) is 7.87. The van der Waals surface area contributed by atoms with Gasteiger partial charge in [0.05, 0.1) is 27.0 Å². The Labute approximate surface area is 128 Å². The fourth-order valence-corrected chi connectivity index (χ4v) is 2.50. The summed E-state index contributed by atoms with van der Waals surface area (Å²) in [4.78, 5) is 15.1. The normalized spacial score (nSPS) is 19.5. The fourth-order valence-electron chi connectivity index (χ4n) is 2.50. The van der Waals surface area contributed by atoms with Gasteiger partial charge in [-0.05, 0) is 39.8 Å². The Kier molecular flexibility index (Phi) is 3.23. The highest BCUT2D eigenvalue weighted by atomic mass is 16.7. The molecule has 7 heteroatoms. The molecular weight excluding hydrogens is 283 g/mol. The van der Waals surface area contributed by atoms with Crippen molar-refractivity contribution in [3.63, 3.8) is 0 Å². The van der Waals surface area contributed by atoms with Crippen LogP contribution >= 0.6 is 0 Å². The van der Waals surface area contributed by atoms with Crippen LogP contribution in [-0.4, -0.2) is 28.2 Å². The van der Waals surface area contributed by atoms with Gasteiger partial charge in [0.25, 0.3) is 5.69 Å². The second-order valence-electron chi connectivity index (χ2n) is 6.42. The maximum atomic E-state index is 11.2. The third kappa shape index (κ3) is 2.17. The number of nitrogens with zero attached hydrogens (tertiary/aromatic N) is 2. The summed E-state index contributed by atoms with van der Waals surface area (Å²) >= 11 is 0. The number of non-ortho nitro benzene ring substituents is 1. The van der Waals surface area contributed by atoms with Crippen LogP contribution in [0.5, 0.6) is 0 Å². The maximum Gasteiger partial charge on any atom is 0.497 e. The number of pyridine rings is 1. The van der Waals surface area contributed by atoms with Crippen molar-refractivity contribution in [1.29, 1.82) is 0 Å². The van der Waals surface area contributed by atoms with Crippen LogP contribution in [0.4, 0.5) is 5.69 Å². The molecule has 2 aromatic rings. The molecule has 6 nitrogen and oxygen atoms in total. The zero-order valence-corrected chi connectivity index (χ0v) is 13.0. The van der Waals surface area contributed by atoms with Crippen molar-refractivity contribution >= 4 is 29.2 Å². The molecule has 1 aromatic heterocycles. The number of rotatable bonds is 2. The third-order valence-corrected chi connectivity index (χ3v) is 4.48. The molecular formula is C15H17BN2O4. The lowest BCUT2D eigenvalue weighted by atomic mass is 9.77. The smallest absolute Gasteiger partial charge is 0.399 e. The molecule has 1 aliphatic heterocycles. The number of aromatic nitrogens is 1. The van der Waals surface area contributed by atoms with Crippen LogP contribution in [0.2, 0.25) is 0 Å². The van der Waals surface area contributed by atoms with Crippen molar-refractivity contribution in [2.45, 2.75) is 38.9 Å². The van der Waals surface area contributed by atoms with E-state index in [1.165, 1.54) is 6.07 Å². The minimum absolute atomic E-state index is 0.0309. The van der Waals surface area contributed by atoms with Gasteiger partial charge in [-0.2, -0.15) is 0 Å². The van der Waals surface area contributed by atoms with Crippen LogP contribution in [0.15, 0.2) is 30.5 Å². The molecule has 0 saturated carbocycles. The van der Waals surface area contributed by atoms with Gasteiger partial charge in [0, 0.05) is 17.7 Å². The molecule has 0 radical (unpaired) electrons. The van der Waals surface area contributed by atoms with E-state index in [-0.39, 0.29) is 5.69 Å². The Morgan fingerprint density at radius 1 is 1.14 bits per heavy atom. The number of nitro benzene ring substituents is 1. The zero-order chi connectivity index (χ0) is 16.1. The number of nitro groups is 1. The summed E-state index contributed by atoms with van der Waals surface area (Å²) in [5, 5.41) is 11.7. The van der Waals surface area contributed by atoms with Crippen LogP contribution in [-0.2, 0) is 9.31 Å². The predicted molar refractivity (Wildman–Crippen MR) is 84.1 cm³/mol. The van der Waals surface area contributed by atoms with Crippen LogP contribution < -0.4 is 5.46 Å². The monoisotopic (exact) mass is 300 g/mol. The Morgan fingerprint density at radius 3 is 2.36 bits per heavy atom. The van der Waals surface area contributed by atoms with Gasteiger partial charge in [0.15, 0.2) is 0 Å². The minimum atomic E-state index is -0.594. The molecule has 1 fully saturated rings. The Hall–Kier alpha value is -1.99. The van der Waals surface area contributed by atoms with Gasteiger partial charge in [0.2, 0.25) is 0 Å². The molecule has 0 atom stereocenters. The number of hydrogen-bond donors (Lipinski definition) is 0. The largest absolute Gasteiger partial charge is 0.497 e. The average molecular weight is 300 g/mol. The number of fused-ring (bicyclic) bond motifs is 1. The van der Waals surface area contributed by atoms with Crippen molar-refractivity contribution in [3.8, 4) is 0 Å². The first kappa shape index (κ1) is 14.9. The van der Waals surface area contributed by atoms with Gasteiger partial charge in [-0.15, -0.1) is 0 Å². The quantitative estimate of drug-likeness (QED) is 0.484. The van der Waals surface area contributed by atoms with Gasteiger partial charge >= 0.3 is 7.12 Å². The Morgan fingerprint density at radius 2 is 1.77 bits per heavy atom. The molecule has 1 aliphatic rings. The SMILES string of the molecule is CC1(C)OB(c2ccc([N+](=O)[O-])c3cccnc23)OC1(C)C. The van der Waals surface area contributed by atoms with Crippen LogP contribution in [0.25, 0.3) is 10.9 Å².